The van der Waals surface area contributed by atoms with Crippen LogP contribution in [0.3, 0.4) is 0 Å². The number of rotatable bonds is 10. The molecule has 0 bridgehead atoms. The lowest BCUT2D eigenvalue weighted by atomic mass is 9.85. The molecule has 1 heteroatoms. The van der Waals surface area contributed by atoms with Crippen molar-refractivity contribution in [3.63, 3.8) is 0 Å². The van der Waals surface area contributed by atoms with E-state index in [9.17, 15) is 0 Å². The quantitative estimate of drug-likeness (QED) is 0.389. The molecule has 0 fully saturated rings. The van der Waals surface area contributed by atoms with Gasteiger partial charge in [0.2, 0.25) is 0 Å². The Labute approximate surface area is 127 Å². The van der Waals surface area contributed by atoms with Crippen molar-refractivity contribution >= 4 is 0 Å². The molecule has 0 aromatic rings. The van der Waals surface area contributed by atoms with E-state index in [1.165, 1.54) is 36.8 Å². The number of hydrogen-bond donors (Lipinski definition) is 1. The molecule has 0 aliphatic heterocycles. The largest absolute Gasteiger partial charge is 0.308 e. The molecule has 0 aromatic carbocycles. The summed E-state index contributed by atoms with van der Waals surface area (Å²) in [6.45, 7) is 22.9. The summed E-state index contributed by atoms with van der Waals surface area (Å²) in [5.74, 6) is 0. The van der Waals surface area contributed by atoms with Crippen molar-refractivity contribution < 1.29 is 0 Å². The molecular weight excluding hydrogens is 242 g/mol. The highest BCUT2D eigenvalue weighted by Gasteiger charge is 2.21. The summed E-state index contributed by atoms with van der Waals surface area (Å²) in [7, 11) is 0. The van der Waals surface area contributed by atoms with Gasteiger partial charge in [-0.1, -0.05) is 71.3 Å². The topological polar surface area (TPSA) is 12.0 Å². The lowest BCUT2D eigenvalue weighted by Gasteiger charge is -2.30. The van der Waals surface area contributed by atoms with Crippen LogP contribution in [0, 0.1) is 5.41 Å². The molecule has 0 aliphatic rings. The molecule has 20 heavy (non-hydrogen) atoms. The minimum atomic E-state index is 0.0321. The van der Waals surface area contributed by atoms with Gasteiger partial charge in [-0.15, -0.1) is 0 Å². The van der Waals surface area contributed by atoms with Gasteiger partial charge in [-0.05, 0) is 45.1 Å². The number of hydrogen-bond acceptors (Lipinski definition) is 1. The molecule has 0 aliphatic carbocycles. The Kier molecular flexibility index (Phi) is 8.42. The number of unbranched alkanes of at least 4 members (excludes halogenated alkanes) is 3. The molecule has 0 saturated heterocycles. The molecule has 0 radical (unpaired) electrons. The zero-order valence-electron chi connectivity index (χ0n) is 14.9. The van der Waals surface area contributed by atoms with Gasteiger partial charge in [-0.3, -0.25) is 0 Å². The highest BCUT2D eigenvalue weighted by molar-refractivity contribution is 5.13. The first-order valence-electron chi connectivity index (χ1n) is 8.22. The molecule has 0 heterocycles. The second kappa shape index (κ2) is 8.67. The molecule has 0 spiro atoms. The van der Waals surface area contributed by atoms with Gasteiger partial charge in [0.25, 0.3) is 0 Å². The van der Waals surface area contributed by atoms with E-state index in [-0.39, 0.29) is 11.0 Å². The maximum absolute atomic E-state index is 4.29. The van der Waals surface area contributed by atoms with E-state index in [0.29, 0.717) is 0 Å². The van der Waals surface area contributed by atoms with Crippen LogP contribution in [0.1, 0.15) is 80.1 Å². The molecule has 0 aromatic heterocycles. The maximum Gasteiger partial charge on any atom is 0.0334 e. The van der Waals surface area contributed by atoms with Gasteiger partial charge >= 0.3 is 0 Å². The fourth-order valence-corrected chi connectivity index (χ4v) is 2.10. The summed E-state index contributed by atoms with van der Waals surface area (Å²) >= 11 is 0. The Balaban J connectivity index is 4.05. The van der Waals surface area contributed by atoms with Crippen molar-refractivity contribution in [2.24, 2.45) is 5.41 Å². The highest BCUT2D eigenvalue weighted by Crippen LogP contribution is 2.26. The molecule has 0 rings (SSSR count). The average molecular weight is 280 g/mol. The Bertz CT molecular complexity index is 304. The SMILES string of the molecule is C=C(CCNC(C)(C)C(=C)CCCCCC)C(C)(C)C. The molecule has 0 saturated carbocycles. The van der Waals surface area contributed by atoms with Crippen LogP contribution >= 0.6 is 0 Å². The van der Waals surface area contributed by atoms with Gasteiger partial charge in [0, 0.05) is 5.54 Å². The van der Waals surface area contributed by atoms with E-state index in [0.717, 1.165) is 19.4 Å². The molecule has 0 amide bonds. The van der Waals surface area contributed by atoms with Gasteiger partial charge in [0.1, 0.15) is 0 Å². The second-order valence-corrected chi connectivity index (χ2v) is 7.57. The molecule has 1 N–H and O–H groups in total. The van der Waals surface area contributed by atoms with Crippen molar-refractivity contribution in [3.8, 4) is 0 Å². The molecule has 1 nitrogen and oxygen atoms in total. The van der Waals surface area contributed by atoms with Crippen LogP contribution in [-0.4, -0.2) is 12.1 Å². The zero-order chi connectivity index (χ0) is 15.8. The van der Waals surface area contributed by atoms with Crippen molar-refractivity contribution in [1.29, 1.82) is 0 Å². The van der Waals surface area contributed by atoms with Crippen LogP contribution in [0.15, 0.2) is 24.3 Å². The van der Waals surface area contributed by atoms with Crippen molar-refractivity contribution in [1.82, 2.24) is 5.32 Å². The zero-order valence-corrected chi connectivity index (χ0v) is 14.9. The summed E-state index contributed by atoms with van der Waals surface area (Å²) < 4.78 is 0. The third-order valence-electron chi connectivity index (χ3n) is 4.27. The van der Waals surface area contributed by atoms with E-state index in [4.69, 9.17) is 0 Å². The third kappa shape index (κ3) is 7.89. The fraction of sp³-hybridized carbons (Fsp3) is 0.789. The van der Waals surface area contributed by atoms with Gasteiger partial charge < -0.3 is 5.32 Å². The van der Waals surface area contributed by atoms with Crippen molar-refractivity contribution in [3.05, 3.63) is 24.3 Å². The minimum Gasteiger partial charge on any atom is -0.308 e. The smallest absolute Gasteiger partial charge is 0.0334 e. The molecule has 0 atom stereocenters. The normalized spacial score (nSPS) is 12.5. The summed E-state index contributed by atoms with van der Waals surface area (Å²) in [6, 6.07) is 0. The van der Waals surface area contributed by atoms with Crippen molar-refractivity contribution in [2.75, 3.05) is 6.54 Å². The van der Waals surface area contributed by atoms with Crippen LogP contribution < -0.4 is 5.32 Å². The van der Waals surface area contributed by atoms with Crippen LogP contribution in [0.4, 0.5) is 0 Å². The maximum atomic E-state index is 4.29. The lowest BCUT2D eigenvalue weighted by molar-refractivity contribution is 0.417. The Morgan fingerprint density at radius 1 is 0.850 bits per heavy atom. The van der Waals surface area contributed by atoms with Crippen LogP contribution in [0.2, 0.25) is 0 Å². The standard InChI is InChI=1S/C19H37N/c1-9-10-11-12-13-17(3)19(7,8)20-15-14-16(2)18(4,5)6/h20H,2-3,9-15H2,1,4-8H3. The Morgan fingerprint density at radius 2 is 1.45 bits per heavy atom. The first-order chi connectivity index (χ1) is 9.11. The lowest BCUT2D eigenvalue weighted by Crippen LogP contribution is -2.41. The number of nitrogens with one attached hydrogen (secondary N) is 1. The molecule has 0 unspecified atom stereocenters. The highest BCUT2D eigenvalue weighted by atomic mass is 15.0. The van der Waals surface area contributed by atoms with E-state index < -0.39 is 0 Å². The van der Waals surface area contributed by atoms with Crippen LogP contribution in [0.25, 0.3) is 0 Å². The monoisotopic (exact) mass is 279 g/mol. The van der Waals surface area contributed by atoms with E-state index >= 15 is 0 Å². The Hall–Kier alpha value is -0.560. The van der Waals surface area contributed by atoms with Crippen molar-refractivity contribution in [2.45, 2.75) is 85.6 Å². The predicted octanol–water partition coefficient (Wildman–Crippen LogP) is 5.87. The second-order valence-electron chi connectivity index (χ2n) is 7.57. The van der Waals surface area contributed by atoms with Crippen LogP contribution in [-0.2, 0) is 0 Å². The fourth-order valence-electron chi connectivity index (χ4n) is 2.10. The summed E-state index contributed by atoms with van der Waals surface area (Å²) in [5, 5.41) is 3.64. The summed E-state index contributed by atoms with van der Waals surface area (Å²) in [5.41, 5.74) is 2.89. The Morgan fingerprint density at radius 3 is 1.95 bits per heavy atom. The van der Waals surface area contributed by atoms with Gasteiger partial charge in [-0.2, -0.15) is 0 Å². The predicted molar refractivity (Wildman–Crippen MR) is 93.2 cm³/mol. The van der Waals surface area contributed by atoms with Gasteiger partial charge in [0.05, 0.1) is 0 Å². The van der Waals surface area contributed by atoms with Gasteiger partial charge in [0.15, 0.2) is 0 Å². The first kappa shape index (κ1) is 19.4. The van der Waals surface area contributed by atoms with Crippen LogP contribution in [0.5, 0.6) is 0 Å². The van der Waals surface area contributed by atoms with E-state index in [1.807, 2.05) is 0 Å². The summed E-state index contributed by atoms with van der Waals surface area (Å²) in [6.07, 6.45) is 7.41. The molecular formula is C19H37N. The third-order valence-corrected chi connectivity index (χ3v) is 4.27. The van der Waals surface area contributed by atoms with E-state index in [1.54, 1.807) is 0 Å². The minimum absolute atomic E-state index is 0.0321. The summed E-state index contributed by atoms with van der Waals surface area (Å²) in [4.78, 5) is 0. The van der Waals surface area contributed by atoms with E-state index in [2.05, 4.69) is 60.0 Å². The van der Waals surface area contributed by atoms with Gasteiger partial charge in [-0.25, -0.2) is 0 Å². The first-order valence-corrected chi connectivity index (χ1v) is 8.22. The average Bonchev–Trinajstić information content (AvgIpc) is 2.32. The molecule has 118 valence electrons.